The minimum Gasteiger partial charge on any atom is -0.497 e. The van der Waals surface area contributed by atoms with Gasteiger partial charge in [-0.25, -0.2) is 27.3 Å². The molecule has 0 bridgehead atoms. The minimum atomic E-state index is -1.78. The van der Waals surface area contributed by atoms with E-state index < -0.39 is 46.9 Å². The topological polar surface area (TPSA) is 93.3 Å². The standard InChI is InChI=1S/C25H19F4N3O4/c1-3-19(24(33)32-22-20(28)15(26)11-16(27)21(22)29)36-25(34)13-6-9-17-18(10-13)31-23(30-17)12-4-7-14(35-2)8-5-12/h4-11,19H,3H2,1-2H3,(H,30,31)(H,32,33). The van der Waals surface area contributed by atoms with Gasteiger partial charge in [-0.15, -0.1) is 0 Å². The molecule has 186 valence electrons. The second kappa shape index (κ2) is 10.1. The molecule has 0 saturated carbocycles. The van der Waals surface area contributed by atoms with Crippen molar-refractivity contribution in [2.24, 2.45) is 0 Å². The van der Waals surface area contributed by atoms with Gasteiger partial charge in [-0.05, 0) is 48.9 Å². The highest BCUT2D eigenvalue weighted by Gasteiger charge is 2.27. The van der Waals surface area contributed by atoms with Crippen LogP contribution < -0.4 is 10.1 Å². The molecular formula is C25H19F4N3O4. The Morgan fingerprint density at radius 1 is 1.00 bits per heavy atom. The molecule has 0 aliphatic carbocycles. The van der Waals surface area contributed by atoms with E-state index in [1.165, 1.54) is 19.1 Å². The first kappa shape index (κ1) is 24.7. The van der Waals surface area contributed by atoms with Crippen molar-refractivity contribution < 1.29 is 36.6 Å². The third-order valence-electron chi connectivity index (χ3n) is 5.35. The molecule has 36 heavy (non-hydrogen) atoms. The van der Waals surface area contributed by atoms with Gasteiger partial charge in [0.05, 0.1) is 23.7 Å². The molecule has 1 aromatic heterocycles. The highest BCUT2D eigenvalue weighted by molar-refractivity contribution is 5.99. The summed E-state index contributed by atoms with van der Waals surface area (Å²) in [4.78, 5) is 32.7. The Kier molecular flexibility index (Phi) is 6.91. The number of methoxy groups -OCH3 is 1. The number of esters is 1. The quantitative estimate of drug-likeness (QED) is 0.202. The van der Waals surface area contributed by atoms with Crippen molar-refractivity contribution in [3.8, 4) is 17.1 Å². The van der Waals surface area contributed by atoms with E-state index in [0.29, 0.717) is 22.6 Å². The summed E-state index contributed by atoms with van der Waals surface area (Å²) in [5.74, 6) is -7.74. The van der Waals surface area contributed by atoms with E-state index in [0.717, 1.165) is 5.56 Å². The van der Waals surface area contributed by atoms with Crippen molar-refractivity contribution in [2.45, 2.75) is 19.4 Å². The van der Waals surface area contributed by atoms with Gasteiger partial charge in [-0.2, -0.15) is 0 Å². The van der Waals surface area contributed by atoms with E-state index in [4.69, 9.17) is 9.47 Å². The summed E-state index contributed by atoms with van der Waals surface area (Å²) in [6.45, 7) is 1.48. The van der Waals surface area contributed by atoms with E-state index in [2.05, 4.69) is 9.97 Å². The molecule has 3 aromatic carbocycles. The average molecular weight is 501 g/mol. The maximum atomic E-state index is 13.9. The van der Waals surface area contributed by atoms with Crippen LogP contribution in [0.15, 0.2) is 48.5 Å². The Labute approximate surface area is 202 Å². The number of carbonyl (C=O) groups excluding carboxylic acids is 2. The molecule has 0 aliphatic heterocycles. The summed E-state index contributed by atoms with van der Waals surface area (Å²) in [6.07, 6.45) is -1.57. The van der Waals surface area contributed by atoms with Gasteiger partial charge in [-0.3, -0.25) is 4.79 Å². The van der Waals surface area contributed by atoms with Crippen LogP contribution in [0.1, 0.15) is 23.7 Å². The predicted octanol–water partition coefficient (Wildman–Crippen LogP) is 5.37. The number of aromatic amines is 1. The van der Waals surface area contributed by atoms with Crippen molar-refractivity contribution in [1.29, 1.82) is 0 Å². The van der Waals surface area contributed by atoms with E-state index in [1.54, 1.807) is 30.6 Å². The molecule has 1 heterocycles. The zero-order valence-corrected chi connectivity index (χ0v) is 19.0. The lowest BCUT2D eigenvalue weighted by atomic mass is 10.2. The summed E-state index contributed by atoms with van der Waals surface area (Å²) in [5, 5.41) is 1.76. The maximum absolute atomic E-state index is 13.9. The number of H-pyrrole nitrogens is 1. The van der Waals surface area contributed by atoms with Gasteiger partial charge < -0.3 is 19.8 Å². The molecule has 1 atom stereocenters. The molecule has 1 unspecified atom stereocenters. The SMILES string of the molecule is CCC(OC(=O)c1ccc2nc(-c3ccc(OC)cc3)[nH]c2c1)C(=O)Nc1c(F)c(F)cc(F)c1F. The number of aromatic nitrogens is 2. The maximum Gasteiger partial charge on any atom is 0.338 e. The van der Waals surface area contributed by atoms with Crippen molar-refractivity contribution in [3.05, 3.63) is 77.4 Å². The number of nitrogens with one attached hydrogen (secondary N) is 2. The number of anilines is 1. The van der Waals surface area contributed by atoms with Crippen LogP contribution in [0.3, 0.4) is 0 Å². The number of ether oxygens (including phenoxy) is 2. The number of hydrogen-bond acceptors (Lipinski definition) is 5. The Bertz CT molecular complexity index is 1430. The fraction of sp³-hybridized carbons (Fsp3) is 0.160. The largest absolute Gasteiger partial charge is 0.497 e. The van der Waals surface area contributed by atoms with E-state index >= 15 is 0 Å². The molecular weight excluding hydrogens is 482 g/mol. The predicted molar refractivity (Wildman–Crippen MR) is 122 cm³/mol. The van der Waals surface area contributed by atoms with Crippen molar-refractivity contribution in [3.63, 3.8) is 0 Å². The third-order valence-corrected chi connectivity index (χ3v) is 5.35. The average Bonchev–Trinajstić information content (AvgIpc) is 3.32. The van der Waals surface area contributed by atoms with Crippen molar-refractivity contribution in [1.82, 2.24) is 9.97 Å². The molecule has 7 nitrogen and oxygen atoms in total. The Hall–Kier alpha value is -4.41. The molecule has 0 fully saturated rings. The molecule has 1 amide bonds. The lowest BCUT2D eigenvalue weighted by Crippen LogP contribution is -2.33. The Morgan fingerprint density at radius 3 is 2.28 bits per heavy atom. The summed E-state index contributed by atoms with van der Waals surface area (Å²) in [7, 11) is 1.56. The third kappa shape index (κ3) is 4.85. The monoisotopic (exact) mass is 501 g/mol. The summed E-state index contributed by atoms with van der Waals surface area (Å²) in [5.41, 5.74) is 0.644. The molecule has 0 spiro atoms. The number of rotatable bonds is 7. The van der Waals surface area contributed by atoms with Gasteiger partial charge in [0, 0.05) is 11.6 Å². The minimum absolute atomic E-state index is 0.0172. The van der Waals surface area contributed by atoms with Crippen LogP contribution in [0.25, 0.3) is 22.4 Å². The van der Waals surface area contributed by atoms with Crippen LogP contribution in [0, 0.1) is 23.3 Å². The number of fused-ring (bicyclic) bond motifs is 1. The molecule has 2 N–H and O–H groups in total. The number of carbonyl (C=O) groups is 2. The fourth-order valence-electron chi connectivity index (χ4n) is 3.43. The van der Waals surface area contributed by atoms with Crippen LogP contribution in [-0.2, 0) is 9.53 Å². The first-order valence-electron chi connectivity index (χ1n) is 10.7. The zero-order valence-electron chi connectivity index (χ0n) is 19.0. The number of hydrogen-bond donors (Lipinski definition) is 2. The van der Waals surface area contributed by atoms with E-state index in [1.807, 2.05) is 12.1 Å². The summed E-state index contributed by atoms with van der Waals surface area (Å²) >= 11 is 0. The van der Waals surface area contributed by atoms with Crippen molar-refractivity contribution in [2.75, 3.05) is 12.4 Å². The van der Waals surface area contributed by atoms with Gasteiger partial charge in [0.1, 0.15) is 17.3 Å². The van der Waals surface area contributed by atoms with Crippen LogP contribution in [-0.4, -0.2) is 35.1 Å². The molecule has 4 rings (SSSR count). The highest BCUT2D eigenvalue weighted by atomic mass is 19.2. The van der Waals surface area contributed by atoms with Gasteiger partial charge in [0.2, 0.25) is 0 Å². The second-order valence-electron chi connectivity index (χ2n) is 7.68. The second-order valence-corrected chi connectivity index (χ2v) is 7.68. The van der Waals surface area contributed by atoms with Gasteiger partial charge in [0.15, 0.2) is 29.4 Å². The zero-order chi connectivity index (χ0) is 26.0. The Balaban J connectivity index is 1.51. The van der Waals surface area contributed by atoms with Gasteiger partial charge >= 0.3 is 5.97 Å². The number of halogens is 4. The van der Waals surface area contributed by atoms with Crippen LogP contribution in [0.4, 0.5) is 23.2 Å². The number of amides is 1. The van der Waals surface area contributed by atoms with E-state index in [-0.39, 0.29) is 18.1 Å². The van der Waals surface area contributed by atoms with Gasteiger partial charge in [-0.1, -0.05) is 6.92 Å². The molecule has 4 aromatic rings. The molecule has 0 saturated heterocycles. The van der Waals surface area contributed by atoms with Gasteiger partial charge in [0.25, 0.3) is 5.91 Å². The molecule has 11 heteroatoms. The van der Waals surface area contributed by atoms with E-state index in [9.17, 15) is 27.2 Å². The first-order valence-corrected chi connectivity index (χ1v) is 10.7. The molecule has 0 aliphatic rings. The number of imidazole rings is 1. The summed E-state index contributed by atoms with van der Waals surface area (Å²) < 4.78 is 65.0. The molecule has 0 radical (unpaired) electrons. The van der Waals surface area contributed by atoms with Crippen LogP contribution in [0.2, 0.25) is 0 Å². The van der Waals surface area contributed by atoms with Crippen molar-refractivity contribution >= 4 is 28.6 Å². The number of nitrogens with zero attached hydrogens (tertiary/aromatic N) is 1. The first-order chi connectivity index (χ1) is 17.2. The normalized spacial score (nSPS) is 11.8. The Morgan fingerprint density at radius 2 is 1.67 bits per heavy atom. The van der Waals surface area contributed by atoms with Crippen LogP contribution in [0.5, 0.6) is 5.75 Å². The lowest BCUT2D eigenvalue weighted by Gasteiger charge is -2.17. The summed E-state index contributed by atoms with van der Waals surface area (Å²) in [6, 6.07) is 11.7. The highest BCUT2D eigenvalue weighted by Crippen LogP contribution is 2.26. The number of benzene rings is 3. The van der Waals surface area contributed by atoms with Crippen LogP contribution >= 0.6 is 0 Å². The fourth-order valence-corrected chi connectivity index (χ4v) is 3.43. The lowest BCUT2D eigenvalue weighted by molar-refractivity contribution is -0.124. The smallest absolute Gasteiger partial charge is 0.338 e.